The summed E-state index contributed by atoms with van der Waals surface area (Å²) in [7, 11) is 1.72. The van der Waals surface area contributed by atoms with Gasteiger partial charge in [-0.3, -0.25) is 4.79 Å². The molecule has 1 amide bonds. The third-order valence-corrected chi connectivity index (χ3v) is 8.40. The number of carbonyl (C=O) groups excluding carboxylic acids is 1. The van der Waals surface area contributed by atoms with Crippen LogP contribution >= 0.6 is 0 Å². The maximum Gasteiger partial charge on any atom is 0.217 e. The minimum absolute atomic E-state index is 0.0542. The van der Waals surface area contributed by atoms with Crippen LogP contribution in [0.4, 0.5) is 0 Å². The average Bonchev–Trinajstić information content (AvgIpc) is 3.43. The minimum atomic E-state index is 0.0542. The average molecular weight is 424 g/mol. The summed E-state index contributed by atoms with van der Waals surface area (Å²) in [5.74, 6) is 2.00. The molecule has 3 aliphatic rings. The summed E-state index contributed by atoms with van der Waals surface area (Å²) in [5, 5.41) is 3.36. The van der Waals surface area contributed by atoms with Crippen molar-refractivity contribution in [1.29, 1.82) is 0 Å². The summed E-state index contributed by atoms with van der Waals surface area (Å²) < 4.78 is 14.1. The van der Waals surface area contributed by atoms with Crippen LogP contribution in [0, 0.1) is 22.7 Å². The molecule has 5 rings (SSSR count). The van der Waals surface area contributed by atoms with E-state index in [9.17, 15) is 4.79 Å². The van der Waals surface area contributed by atoms with Gasteiger partial charge in [0.05, 0.1) is 26.1 Å². The molecule has 1 spiro atoms. The summed E-state index contributed by atoms with van der Waals surface area (Å²) in [4.78, 5) is 16.3. The molecule has 2 bridgehead atoms. The molecule has 6 heteroatoms. The van der Waals surface area contributed by atoms with E-state index in [-0.39, 0.29) is 28.9 Å². The van der Waals surface area contributed by atoms with Crippen molar-refractivity contribution in [1.82, 2.24) is 14.9 Å². The van der Waals surface area contributed by atoms with E-state index >= 15 is 0 Å². The Bertz CT molecular complexity index is 970. The zero-order valence-electron chi connectivity index (χ0n) is 18.9. The Hall–Kier alpha value is -2.34. The summed E-state index contributed by atoms with van der Waals surface area (Å²) in [6.07, 6.45) is 9.02. The quantitative estimate of drug-likeness (QED) is 0.791. The molecule has 1 aromatic heterocycles. The summed E-state index contributed by atoms with van der Waals surface area (Å²) >= 11 is 0. The maximum absolute atomic E-state index is 12.1. The normalized spacial score (nSPS) is 33.2. The molecule has 6 nitrogen and oxygen atoms in total. The van der Waals surface area contributed by atoms with Gasteiger partial charge < -0.3 is 19.4 Å². The van der Waals surface area contributed by atoms with Crippen molar-refractivity contribution in [3.05, 3.63) is 48.0 Å². The number of nitrogens with one attached hydrogen (secondary N) is 1. The van der Waals surface area contributed by atoms with E-state index in [1.807, 2.05) is 12.5 Å². The molecule has 0 unspecified atom stereocenters. The highest BCUT2D eigenvalue weighted by Crippen LogP contribution is 2.70. The summed E-state index contributed by atoms with van der Waals surface area (Å²) in [5.41, 5.74) is 2.58. The first-order valence-corrected chi connectivity index (χ1v) is 11.4. The van der Waals surface area contributed by atoms with E-state index in [1.165, 1.54) is 12.0 Å². The number of rotatable bonds is 5. The molecule has 2 aliphatic carbocycles. The topological polar surface area (TPSA) is 65.4 Å². The van der Waals surface area contributed by atoms with Crippen molar-refractivity contribution in [3.63, 3.8) is 0 Å². The van der Waals surface area contributed by atoms with Crippen LogP contribution in [-0.4, -0.2) is 35.2 Å². The molecule has 5 atom stereocenters. The molecule has 2 aromatic rings. The summed E-state index contributed by atoms with van der Waals surface area (Å²) in [6, 6.07) is 6.67. The third kappa shape index (κ3) is 3.18. The van der Waals surface area contributed by atoms with Crippen LogP contribution in [0.2, 0.25) is 0 Å². The molecule has 1 saturated heterocycles. The van der Waals surface area contributed by atoms with Gasteiger partial charge in [-0.1, -0.05) is 19.9 Å². The van der Waals surface area contributed by atoms with Crippen LogP contribution in [0.3, 0.4) is 0 Å². The molecular formula is C25H33N3O3. The van der Waals surface area contributed by atoms with Gasteiger partial charge in [0.15, 0.2) is 0 Å². The lowest BCUT2D eigenvalue weighted by Gasteiger charge is -2.53. The van der Waals surface area contributed by atoms with Gasteiger partial charge in [-0.15, -0.1) is 0 Å². The van der Waals surface area contributed by atoms with Gasteiger partial charge in [0, 0.05) is 37.5 Å². The van der Waals surface area contributed by atoms with E-state index in [0.717, 1.165) is 30.8 Å². The summed E-state index contributed by atoms with van der Waals surface area (Å²) in [6.45, 7) is 7.78. The second kappa shape index (κ2) is 7.37. The highest BCUT2D eigenvalue weighted by molar-refractivity contribution is 5.73. The van der Waals surface area contributed by atoms with Gasteiger partial charge in [0.2, 0.25) is 5.91 Å². The number of benzene rings is 1. The lowest BCUT2D eigenvalue weighted by atomic mass is 9.59. The zero-order chi connectivity index (χ0) is 21.8. The molecular weight excluding hydrogens is 390 g/mol. The molecule has 2 heterocycles. The van der Waals surface area contributed by atoms with E-state index in [1.54, 1.807) is 20.2 Å². The lowest BCUT2D eigenvalue weighted by molar-refractivity contribution is -0.136. The standard InChI is InChI=1S/C25H33N3O3/c1-16(29)27-23-24(2,3)19-12-20-22(31-10-7-25(20,23)13-19)17-5-6-21(30-4)18(11-17)14-28-9-8-26-15-28/h5-6,8-9,11,15,19-20,22-23H,7,10,12-14H2,1-4H3,(H,27,29)/t19-,20-,22-,23+,25-/m1/s1. The van der Waals surface area contributed by atoms with Crippen molar-refractivity contribution < 1.29 is 14.3 Å². The number of fused-ring (bicyclic) bond motifs is 1. The Balaban J connectivity index is 1.49. The Labute approximate surface area is 184 Å². The van der Waals surface area contributed by atoms with Crippen molar-refractivity contribution in [3.8, 4) is 5.75 Å². The molecule has 3 fully saturated rings. The first-order valence-electron chi connectivity index (χ1n) is 11.4. The fraction of sp³-hybridized carbons (Fsp3) is 0.600. The van der Waals surface area contributed by atoms with Crippen LogP contribution < -0.4 is 10.1 Å². The Morgan fingerprint density at radius 2 is 2.23 bits per heavy atom. The molecule has 31 heavy (non-hydrogen) atoms. The van der Waals surface area contributed by atoms with E-state index in [0.29, 0.717) is 18.4 Å². The smallest absolute Gasteiger partial charge is 0.217 e. The Morgan fingerprint density at radius 1 is 1.39 bits per heavy atom. The predicted molar refractivity (Wildman–Crippen MR) is 118 cm³/mol. The van der Waals surface area contributed by atoms with Gasteiger partial charge in [-0.05, 0) is 59.6 Å². The largest absolute Gasteiger partial charge is 0.496 e. The van der Waals surface area contributed by atoms with Crippen LogP contribution in [0.1, 0.15) is 57.3 Å². The van der Waals surface area contributed by atoms with Crippen LogP contribution in [0.15, 0.2) is 36.9 Å². The van der Waals surface area contributed by atoms with Gasteiger partial charge >= 0.3 is 0 Å². The fourth-order valence-corrected chi connectivity index (χ4v) is 7.00. The molecule has 0 radical (unpaired) electrons. The number of hydrogen-bond acceptors (Lipinski definition) is 4. The molecule has 1 N–H and O–H groups in total. The number of carbonyl (C=O) groups is 1. The van der Waals surface area contributed by atoms with Crippen LogP contribution in [0.25, 0.3) is 0 Å². The van der Waals surface area contributed by atoms with Gasteiger partial charge in [-0.25, -0.2) is 4.98 Å². The van der Waals surface area contributed by atoms with Gasteiger partial charge in [0.25, 0.3) is 0 Å². The van der Waals surface area contributed by atoms with Crippen LogP contribution in [0.5, 0.6) is 5.75 Å². The van der Waals surface area contributed by atoms with Crippen LogP contribution in [-0.2, 0) is 16.1 Å². The van der Waals surface area contributed by atoms with E-state index < -0.39 is 0 Å². The Morgan fingerprint density at radius 3 is 2.94 bits per heavy atom. The van der Waals surface area contributed by atoms with Gasteiger partial charge in [-0.2, -0.15) is 0 Å². The van der Waals surface area contributed by atoms with E-state index in [2.05, 4.69) is 46.9 Å². The molecule has 2 saturated carbocycles. The Kier molecular flexibility index (Phi) is 4.88. The number of nitrogens with zero attached hydrogens (tertiary/aromatic N) is 2. The minimum Gasteiger partial charge on any atom is -0.496 e. The maximum atomic E-state index is 12.1. The van der Waals surface area contributed by atoms with Crippen molar-refractivity contribution in [2.75, 3.05) is 13.7 Å². The first kappa shape index (κ1) is 20.6. The highest BCUT2D eigenvalue weighted by atomic mass is 16.5. The monoisotopic (exact) mass is 423 g/mol. The second-order valence-corrected chi connectivity index (χ2v) is 10.3. The highest BCUT2D eigenvalue weighted by Gasteiger charge is 2.68. The number of ether oxygens (including phenoxy) is 2. The number of amides is 1. The second-order valence-electron chi connectivity index (χ2n) is 10.3. The fourth-order valence-electron chi connectivity index (χ4n) is 7.00. The van der Waals surface area contributed by atoms with Crippen molar-refractivity contribution in [2.24, 2.45) is 22.7 Å². The number of aromatic nitrogens is 2. The van der Waals surface area contributed by atoms with Crippen molar-refractivity contribution >= 4 is 5.91 Å². The molecule has 1 aliphatic heterocycles. The molecule has 166 valence electrons. The molecule has 1 aromatic carbocycles. The van der Waals surface area contributed by atoms with Gasteiger partial charge in [0.1, 0.15) is 5.75 Å². The number of methoxy groups -OCH3 is 1. The lowest BCUT2D eigenvalue weighted by Crippen LogP contribution is -2.58. The number of hydrogen-bond donors (Lipinski definition) is 1. The van der Waals surface area contributed by atoms with Crippen molar-refractivity contribution in [2.45, 2.75) is 58.7 Å². The van der Waals surface area contributed by atoms with E-state index in [4.69, 9.17) is 9.47 Å². The predicted octanol–water partition coefficient (Wildman–Crippen LogP) is 3.96. The number of imidazole rings is 1. The SMILES string of the molecule is COc1ccc([C@H]2OCC[C@@]34C[C@@H](C[C@H]23)C(C)(C)[C@@H]4NC(C)=O)cc1Cn1ccnc1. The first-order chi connectivity index (χ1) is 14.8. The third-order valence-electron chi connectivity index (χ3n) is 8.40. The zero-order valence-corrected chi connectivity index (χ0v) is 18.9.